The highest BCUT2D eigenvalue weighted by Crippen LogP contribution is 2.25. The van der Waals surface area contributed by atoms with E-state index < -0.39 is 0 Å². The number of esters is 1. The lowest BCUT2D eigenvalue weighted by Gasteiger charge is -2.25. The summed E-state index contributed by atoms with van der Waals surface area (Å²) >= 11 is 0. The molecule has 0 radical (unpaired) electrons. The summed E-state index contributed by atoms with van der Waals surface area (Å²) in [6.45, 7) is 0.744. The molecule has 0 saturated heterocycles. The van der Waals surface area contributed by atoms with Crippen molar-refractivity contribution in [1.82, 2.24) is 4.90 Å². The molecule has 1 aromatic rings. The second-order valence-electron chi connectivity index (χ2n) is 4.47. The van der Waals surface area contributed by atoms with Crippen LogP contribution in [-0.2, 0) is 16.0 Å². The molecule has 0 amide bonds. The largest absolute Gasteiger partial charge is 0.489 e. The van der Waals surface area contributed by atoms with Crippen LogP contribution in [-0.4, -0.2) is 44.2 Å². The first-order valence-electron chi connectivity index (χ1n) is 5.70. The molecule has 0 aromatic heterocycles. The van der Waals surface area contributed by atoms with Crippen molar-refractivity contribution < 1.29 is 14.3 Å². The van der Waals surface area contributed by atoms with Crippen LogP contribution in [0.3, 0.4) is 0 Å². The number of nitrogens with zero attached hydrogens (tertiary/aromatic N) is 1. The molecule has 0 fully saturated rings. The first kappa shape index (κ1) is 11.9. The number of fused-ring (bicyclic) bond motifs is 1. The molecule has 1 heterocycles. The standard InChI is InChI=1S/C13H17NO3/c1-14(2)8-13(15)17-11-7-10-5-3-4-6-12(10)16-9-11/h3-6,11H,7-9H2,1-2H3. The number of benzene rings is 1. The van der Waals surface area contributed by atoms with Gasteiger partial charge in [0, 0.05) is 6.42 Å². The highest BCUT2D eigenvalue weighted by molar-refractivity contribution is 5.71. The van der Waals surface area contributed by atoms with Crippen molar-refractivity contribution in [2.45, 2.75) is 12.5 Å². The van der Waals surface area contributed by atoms with E-state index in [2.05, 4.69) is 0 Å². The monoisotopic (exact) mass is 235 g/mol. The number of rotatable bonds is 3. The number of ether oxygens (including phenoxy) is 2. The zero-order chi connectivity index (χ0) is 12.3. The minimum atomic E-state index is -0.206. The quantitative estimate of drug-likeness (QED) is 0.735. The van der Waals surface area contributed by atoms with Crippen molar-refractivity contribution in [2.75, 3.05) is 27.2 Å². The Kier molecular flexibility index (Phi) is 3.64. The zero-order valence-corrected chi connectivity index (χ0v) is 10.2. The van der Waals surface area contributed by atoms with Crippen molar-refractivity contribution in [3.8, 4) is 5.75 Å². The molecule has 17 heavy (non-hydrogen) atoms. The molecule has 1 unspecified atom stereocenters. The SMILES string of the molecule is CN(C)CC(=O)OC1COc2ccccc2C1. The van der Waals surface area contributed by atoms with Gasteiger partial charge in [0.05, 0.1) is 6.54 Å². The van der Waals surface area contributed by atoms with Crippen LogP contribution in [0.1, 0.15) is 5.56 Å². The van der Waals surface area contributed by atoms with Crippen molar-refractivity contribution in [3.63, 3.8) is 0 Å². The Hall–Kier alpha value is -1.55. The van der Waals surface area contributed by atoms with Crippen LogP contribution in [0.15, 0.2) is 24.3 Å². The molecule has 1 aliphatic rings. The average molecular weight is 235 g/mol. The molecule has 0 saturated carbocycles. The van der Waals surface area contributed by atoms with Gasteiger partial charge in [-0.15, -0.1) is 0 Å². The molecule has 92 valence electrons. The van der Waals surface area contributed by atoms with Gasteiger partial charge < -0.3 is 9.47 Å². The van der Waals surface area contributed by atoms with Gasteiger partial charge in [0.1, 0.15) is 18.5 Å². The Labute approximate surface area is 101 Å². The first-order chi connectivity index (χ1) is 8.15. The summed E-state index contributed by atoms with van der Waals surface area (Å²) in [5, 5.41) is 0. The fourth-order valence-corrected chi connectivity index (χ4v) is 1.86. The third kappa shape index (κ3) is 3.20. The lowest BCUT2D eigenvalue weighted by molar-refractivity contribution is -0.151. The van der Waals surface area contributed by atoms with Gasteiger partial charge in [0.25, 0.3) is 0 Å². The van der Waals surface area contributed by atoms with E-state index >= 15 is 0 Å². The number of carbonyl (C=O) groups excluding carboxylic acids is 1. The summed E-state index contributed by atoms with van der Waals surface area (Å²) in [6.07, 6.45) is 0.562. The molecule has 0 bridgehead atoms. The Morgan fingerprint density at radius 1 is 1.47 bits per heavy atom. The second-order valence-corrected chi connectivity index (χ2v) is 4.47. The predicted molar refractivity (Wildman–Crippen MR) is 64.1 cm³/mol. The number of likely N-dealkylation sites (N-methyl/N-ethyl adjacent to an activating group) is 1. The fourth-order valence-electron chi connectivity index (χ4n) is 1.86. The molecule has 0 N–H and O–H groups in total. The van der Waals surface area contributed by atoms with Gasteiger partial charge in [-0.05, 0) is 25.7 Å². The molecule has 1 aromatic carbocycles. The predicted octanol–water partition coefficient (Wildman–Crippen LogP) is 1.09. The Balaban J connectivity index is 1.92. The van der Waals surface area contributed by atoms with Crippen molar-refractivity contribution in [3.05, 3.63) is 29.8 Å². The van der Waals surface area contributed by atoms with Crippen molar-refractivity contribution >= 4 is 5.97 Å². The molecule has 1 aliphatic heterocycles. The fraction of sp³-hybridized carbons (Fsp3) is 0.462. The van der Waals surface area contributed by atoms with Crippen LogP contribution in [0.5, 0.6) is 5.75 Å². The average Bonchev–Trinajstić information content (AvgIpc) is 2.27. The van der Waals surface area contributed by atoms with Gasteiger partial charge >= 0.3 is 5.97 Å². The summed E-state index contributed by atoms with van der Waals surface area (Å²) in [6, 6.07) is 7.85. The Bertz CT molecular complexity index is 403. The van der Waals surface area contributed by atoms with Gasteiger partial charge in [-0.25, -0.2) is 0 Å². The van der Waals surface area contributed by atoms with E-state index in [1.54, 1.807) is 4.90 Å². The van der Waals surface area contributed by atoms with Crippen LogP contribution in [0.25, 0.3) is 0 Å². The van der Waals surface area contributed by atoms with Gasteiger partial charge in [0.15, 0.2) is 0 Å². The second kappa shape index (κ2) is 5.19. The van der Waals surface area contributed by atoms with Crippen LogP contribution in [0, 0.1) is 0 Å². The van der Waals surface area contributed by atoms with E-state index in [0.717, 1.165) is 17.7 Å². The molecule has 1 atom stereocenters. The molecule has 4 nitrogen and oxygen atoms in total. The third-order valence-electron chi connectivity index (χ3n) is 2.59. The van der Waals surface area contributed by atoms with Gasteiger partial charge in [-0.3, -0.25) is 9.69 Å². The number of para-hydroxylation sites is 1. The number of carbonyl (C=O) groups is 1. The Morgan fingerprint density at radius 3 is 3.00 bits per heavy atom. The number of hydrogen-bond acceptors (Lipinski definition) is 4. The van der Waals surface area contributed by atoms with Crippen LogP contribution < -0.4 is 4.74 Å². The normalized spacial score (nSPS) is 18.4. The maximum absolute atomic E-state index is 11.5. The molecule has 0 aliphatic carbocycles. The summed E-state index contributed by atoms with van der Waals surface area (Å²) in [4.78, 5) is 13.3. The topological polar surface area (TPSA) is 38.8 Å². The van der Waals surface area contributed by atoms with Crippen LogP contribution in [0.4, 0.5) is 0 Å². The first-order valence-corrected chi connectivity index (χ1v) is 5.70. The summed E-state index contributed by atoms with van der Waals surface area (Å²) < 4.78 is 10.9. The number of hydrogen-bond donors (Lipinski definition) is 0. The molecule has 0 spiro atoms. The summed E-state index contributed by atoms with van der Waals surface area (Å²) in [5.74, 6) is 0.690. The maximum atomic E-state index is 11.5. The van der Waals surface area contributed by atoms with Crippen LogP contribution >= 0.6 is 0 Å². The van der Waals surface area contributed by atoms with E-state index in [1.807, 2.05) is 38.4 Å². The third-order valence-corrected chi connectivity index (χ3v) is 2.59. The molecule has 4 heteroatoms. The van der Waals surface area contributed by atoms with Gasteiger partial charge in [-0.2, -0.15) is 0 Å². The summed E-state index contributed by atoms with van der Waals surface area (Å²) in [5.41, 5.74) is 1.10. The lowest BCUT2D eigenvalue weighted by atomic mass is 10.0. The van der Waals surface area contributed by atoms with E-state index in [4.69, 9.17) is 9.47 Å². The summed E-state index contributed by atoms with van der Waals surface area (Å²) in [7, 11) is 3.68. The maximum Gasteiger partial charge on any atom is 0.320 e. The van der Waals surface area contributed by atoms with Gasteiger partial charge in [0.2, 0.25) is 0 Å². The smallest absolute Gasteiger partial charge is 0.320 e. The molecular formula is C13H17NO3. The highest BCUT2D eigenvalue weighted by Gasteiger charge is 2.22. The molecular weight excluding hydrogens is 218 g/mol. The minimum Gasteiger partial charge on any atom is -0.489 e. The van der Waals surface area contributed by atoms with Crippen molar-refractivity contribution in [2.24, 2.45) is 0 Å². The van der Waals surface area contributed by atoms with E-state index in [9.17, 15) is 4.79 Å². The van der Waals surface area contributed by atoms with Crippen molar-refractivity contribution in [1.29, 1.82) is 0 Å². The van der Waals surface area contributed by atoms with E-state index in [1.165, 1.54) is 0 Å². The van der Waals surface area contributed by atoms with Gasteiger partial charge in [-0.1, -0.05) is 18.2 Å². The van der Waals surface area contributed by atoms with E-state index in [0.29, 0.717) is 13.2 Å². The van der Waals surface area contributed by atoms with Crippen LogP contribution in [0.2, 0.25) is 0 Å². The Morgan fingerprint density at radius 2 is 2.24 bits per heavy atom. The zero-order valence-electron chi connectivity index (χ0n) is 10.2. The lowest BCUT2D eigenvalue weighted by Crippen LogP contribution is -2.34. The van der Waals surface area contributed by atoms with E-state index in [-0.39, 0.29) is 12.1 Å². The minimum absolute atomic E-state index is 0.169. The molecule has 2 rings (SSSR count). The highest BCUT2D eigenvalue weighted by atomic mass is 16.6.